The van der Waals surface area contributed by atoms with E-state index in [0.717, 1.165) is 0 Å². The maximum Gasteiger partial charge on any atom is 0.238 e. The van der Waals surface area contributed by atoms with Crippen LogP contribution in [-0.4, -0.2) is 52.2 Å². The van der Waals surface area contributed by atoms with Crippen LogP contribution >= 0.6 is 34.8 Å². The van der Waals surface area contributed by atoms with E-state index in [-0.39, 0.29) is 39.7 Å². The van der Waals surface area contributed by atoms with Crippen molar-refractivity contribution in [3.05, 3.63) is 51.5 Å². The fourth-order valence-corrected chi connectivity index (χ4v) is 4.72. The summed E-state index contributed by atoms with van der Waals surface area (Å²) in [5.74, 6) is -0.0723. The third kappa shape index (κ3) is 6.25. The van der Waals surface area contributed by atoms with Crippen molar-refractivity contribution < 1.29 is 17.9 Å². The molecule has 0 fully saturated rings. The van der Waals surface area contributed by atoms with Crippen LogP contribution in [0.2, 0.25) is 15.1 Å². The number of methoxy groups -OCH3 is 1. The number of sulfone groups is 1. The summed E-state index contributed by atoms with van der Waals surface area (Å²) in [4.78, 5) is 13.8. The molecule has 6 nitrogen and oxygen atoms in total. The predicted octanol–water partition coefficient (Wildman–Crippen LogP) is 4.00. The molecule has 0 aromatic heterocycles. The fourth-order valence-electron chi connectivity index (χ4n) is 2.39. The fraction of sp³-hybridized carbons (Fsp3) is 0.278. The topological polar surface area (TPSA) is 75.7 Å². The Kier molecular flexibility index (Phi) is 7.97. The van der Waals surface area contributed by atoms with Gasteiger partial charge in [0, 0.05) is 16.6 Å². The molecule has 0 atom stereocenters. The number of nitrogens with zero attached hydrogens (tertiary/aromatic N) is 1. The molecule has 0 saturated carbocycles. The average molecular weight is 466 g/mol. The number of benzene rings is 2. The number of nitrogens with one attached hydrogen (secondary N) is 1. The number of hydrogen-bond acceptors (Lipinski definition) is 5. The van der Waals surface area contributed by atoms with Crippen molar-refractivity contribution in [3.63, 3.8) is 0 Å². The lowest BCUT2D eigenvalue weighted by Gasteiger charge is -2.17. The van der Waals surface area contributed by atoms with Crippen molar-refractivity contribution in [2.24, 2.45) is 0 Å². The molecule has 0 spiro atoms. The maximum absolute atomic E-state index is 12.5. The van der Waals surface area contributed by atoms with Gasteiger partial charge in [-0.25, -0.2) is 8.42 Å². The summed E-state index contributed by atoms with van der Waals surface area (Å²) in [6, 6.07) is 9.13. The van der Waals surface area contributed by atoms with Gasteiger partial charge in [-0.3, -0.25) is 9.69 Å². The van der Waals surface area contributed by atoms with Crippen molar-refractivity contribution in [2.75, 3.05) is 38.3 Å². The first-order valence-electron chi connectivity index (χ1n) is 8.12. The second-order valence-corrected chi connectivity index (χ2v) is 9.38. The van der Waals surface area contributed by atoms with Crippen molar-refractivity contribution in [1.82, 2.24) is 4.90 Å². The summed E-state index contributed by atoms with van der Waals surface area (Å²) in [5.41, 5.74) is 0.437. The van der Waals surface area contributed by atoms with Crippen LogP contribution in [0.15, 0.2) is 41.3 Å². The van der Waals surface area contributed by atoms with Crippen LogP contribution < -0.4 is 10.1 Å². The molecule has 0 unspecified atom stereocenters. The number of ether oxygens (including phenoxy) is 1. The molecule has 10 heteroatoms. The Morgan fingerprint density at radius 3 is 2.43 bits per heavy atom. The molecule has 2 aromatic rings. The van der Waals surface area contributed by atoms with Crippen molar-refractivity contribution in [3.8, 4) is 5.75 Å². The van der Waals surface area contributed by atoms with E-state index in [1.54, 1.807) is 30.1 Å². The number of carbonyl (C=O) groups excluding carboxylic acids is 1. The maximum atomic E-state index is 12.5. The van der Waals surface area contributed by atoms with Gasteiger partial charge in [0.25, 0.3) is 0 Å². The number of hydrogen-bond donors (Lipinski definition) is 1. The molecule has 0 bridgehead atoms. The molecule has 1 amide bonds. The molecule has 2 rings (SSSR count). The first-order chi connectivity index (χ1) is 13.1. The molecule has 0 saturated heterocycles. The minimum absolute atomic E-state index is 0.0194. The number of amides is 1. The number of carbonyl (C=O) groups is 1. The summed E-state index contributed by atoms with van der Waals surface area (Å²) in [7, 11) is -0.521. The third-order valence-electron chi connectivity index (χ3n) is 3.82. The number of anilines is 1. The second-order valence-electron chi connectivity index (χ2n) is 6.02. The van der Waals surface area contributed by atoms with Crippen LogP contribution in [0, 0.1) is 0 Å². The molecule has 152 valence electrons. The zero-order valence-corrected chi connectivity index (χ0v) is 18.3. The second kappa shape index (κ2) is 9.80. The van der Waals surface area contributed by atoms with Crippen LogP contribution in [0.25, 0.3) is 0 Å². The van der Waals surface area contributed by atoms with Gasteiger partial charge in [0.15, 0.2) is 9.84 Å². The Balaban J connectivity index is 1.97. The lowest BCUT2D eigenvalue weighted by Crippen LogP contribution is -2.33. The largest absolute Gasteiger partial charge is 0.495 e. The Morgan fingerprint density at radius 1 is 1.11 bits per heavy atom. The SMILES string of the molecule is COc1ccc(Cl)cc1NC(=O)CN(C)CCS(=O)(=O)c1cc(Cl)ccc1Cl. The van der Waals surface area contributed by atoms with E-state index in [0.29, 0.717) is 16.5 Å². The van der Waals surface area contributed by atoms with E-state index in [4.69, 9.17) is 39.5 Å². The van der Waals surface area contributed by atoms with Gasteiger partial charge in [-0.05, 0) is 43.4 Å². The molecule has 0 aliphatic carbocycles. The summed E-state index contributed by atoms with van der Waals surface area (Å²) in [6.45, 7) is 0.111. The van der Waals surface area contributed by atoms with E-state index >= 15 is 0 Å². The highest BCUT2D eigenvalue weighted by atomic mass is 35.5. The molecular formula is C18H19Cl3N2O4S. The predicted molar refractivity (Wildman–Crippen MR) is 113 cm³/mol. The Labute approximate surface area is 179 Å². The molecule has 0 aliphatic heterocycles. The first-order valence-corrected chi connectivity index (χ1v) is 10.9. The van der Waals surface area contributed by atoms with Crippen LogP contribution in [0.3, 0.4) is 0 Å². The highest BCUT2D eigenvalue weighted by molar-refractivity contribution is 7.91. The lowest BCUT2D eigenvalue weighted by molar-refractivity contribution is -0.117. The van der Waals surface area contributed by atoms with Gasteiger partial charge in [0.2, 0.25) is 5.91 Å². The third-order valence-corrected chi connectivity index (χ3v) is 6.46. The van der Waals surface area contributed by atoms with Gasteiger partial charge in [0.05, 0.1) is 35.0 Å². The molecule has 0 radical (unpaired) electrons. The normalized spacial score (nSPS) is 11.5. The van der Waals surface area contributed by atoms with E-state index in [1.807, 2.05) is 0 Å². The Bertz CT molecular complexity index is 967. The molecule has 0 heterocycles. The standard InChI is InChI=1S/C18H19Cl3N2O4S/c1-23(7-8-28(25,26)17-10-13(20)3-5-14(17)21)11-18(24)22-15-9-12(19)4-6-16(15)27-2/h3-6,9-10H,7-8,11H2,1-2H3,(H,22,24). The van der Waals surface area contributed by atoms with E-state index in [2.05, 4.69) is 5.32 Å². The van der Waals surface area contributed by atoms with Crippen LogP contribution in [-0.2, 0) is 14.6 Å². The quantitative estimate of drug-likeness (QED) is 0.638. The van der Waals surface area contributed by atoms with Crippen molar-refractivity contribution >= 4 is 56.2 Å². The van der Waals surface area contributed by atoms with Crippen LogP contribution in [0.5, 0.6) is 5.75 Å². The summed E-state index contributed by atoms with van der Waals surface area (Å²) >= 11 is 17.8. The minimum Gasteiger partial charge on any atom is -0.495 e. The highest BCUT2D eigenvalue weighted by Crippen LogP contribution is 2.28. The lowest BCUT2D eigenvalue weighted by atomic mass is 10.3. The number of halogens is 3. The molecule has 0 aliphatic rings. The Hall–Kier alpha value is -1.51. The van der Waals surface area contributed by atoms with Gasteiger partial charge in [-0.15, -0.1) is 0 Å². The van der Waals surface area contributed by atoms with Gasteiger partial charge in [0.1, 0.15) is 5.75 Å². The molecule has 28 heavy (non-hydrogen) atoms. The van der Waals surface area contributed by atoms with Crippen molar-refractivity contribution in [2.45, 2.75) is 4.90 Å². The van der Waals surface area contributed by atoms with Gasteiger partial charge < -0.3 is 10.1 Å². The summed E-state index contributed by atoms with van der Waals surface area (Å²) in [5, 5.41) is 3.55. The molecule has 2 aromatic carbocycles. The Morgan fingerprint density at radius 2 is 1.75 bits per heavy atom. The average Bonchev–Trinajstić information content (AvgIpc) is 2.62. The number of likely N-dealkylation sites (N-methyl/N-ethyl adjacent to an activating group) is 1. The number of rotatable bonds is 8. The first kappa shape index (κ1) is 22.8. The van der Waals surface area contributed by atoms with Crippen molar-refractivity contribution in [1.29, 1.82) is 0 Å². The van der Waals surface area contributed by atoms with E-state index in [9.17, 15) is 13.2 Å². The van der Waals surface area contributed by atoms with Crippen LogP contribution in [0.4, 0.5) is 5.69 Å². The molecular weight excluding hydrogens is 447 g/mol. The highest BCUT2D eigenvalue weighted by Gasteiger charge is 2.20. The zero-order valence-electron chi connectivity index (χ0n) is 15.2. The summed E-state index contributed by atoms with van der Waals surface area (Å²) in [6.07, 6.45) is 0. The monoisotopic (exact) mass is 464 g/mol. The summed E-state index contributed by atoms with van der Waals surface area (Å²) < 4.78 is 30.2. The van der Waals surface area contributed by atoms with Gasteiger partial charge >= 0.3 is 0 Å². The minimum atomic E-state index is -3.65. The molecule has 1 N–H and O–H groups in total. The smallest absolute Gasteiger partial charge is 0.238 e. The van der Waals surface area contributed by atoms with Gasteiger partial charge in [-0.2, -0.15) is 0 Å². The van der Waals surface area contributed by atoms with Crippen LogP contribution in [0.1, 0.15) is 0 Å². The van der Waals surface area contributed by atoms with Gasteiger partial charge in [-0.1, -0.05) is 34.8 Å². The zero-order chi connectivity index (χ0) is 20.9. The van der Waals surface area contributed by atoms with E-state index < -0.39 is 9.84 Å². The van der Waals surface area contributed by atoms with E-state index in [1.165, 1.54) is 25.3 Å².